The summed E-state index contributed by atoms with van der Waals surface area (Å²) < 4.78 is 10.7. The van der Waals surface area contributed by atoms with Gasteiger partial charge in [0.2, 0.25) is 0 Å². The monoisotopic (exact) mass is 404 g/mol. The van der Waals surface area contributed by atoms with Crippen molar-refractivity contribution < 1.29 is 19.1 Å². The van der Waals surface area contributed by atoms with Gasteiger partial charge in [0.15, 0.2) is 12.2 Å². The maximum absolute atomic E-state index is 12.6. The van der Waals surface area contributed by atoms with Crippen LogP contribution in [0.25, 0.3) is 0 Å². The lowest BCUT2D eigenvalue weighted by Gasteiger charge is -2.17. The number of anilines is 2. The van der Waals surface area contributed by atoms with E-state index in [2.05, 4.69) is 10.6 Å². The van der Waals surface area contributed by atoms with E-state index in [1.165, 1.54) is 14.2 Å². The molecule has 0 aliphatic rings. The van der Waals surface area contributed by atoms with E-state index in [4.69, 9.17) is 9.47 Å². The molecule has 3 aromatic carbocycles. The molecule has 0 aromatic heterocycles. The van der Waals surface area contributed by atoms with Crippen molar-refractivity contribution in [3.63, 3.8) is 0 Å². The van der Waals surface area contributed by atoms with Gasteiger partial charge in [0, 0.05) is 25.6 Å². The predicted molar refractivity (Wildman–Crippen MR) is 116 cm³/mol. The molecule has 0 unspecified atom stereocenters. The molecule has 0 heterocycles. The second kappa shape index (κ2) is 10.3. The maximum Gasteiger partial charge on any atom is 0.258 e. The molecule has 0 spiro atoms. The number of rotatable bonds is 8. The molecular formula is C24H24N2O4. The van der Waals surface area contributed by atoms with E-state index < -0.39 is 12.2 Å². The van der Waals surface area contributed by atoms with Crippen molar-refractivity contribution in [1.29, 1.82) is 0 Å². The summed E-state index contributed by atoms with van der Waals surface area (Å²) in [7, 11) is 2.99. The zero-order valence-electron chi connectivity index (χ0n) is 16.9. The predicted octanol–water partition coefficient (Wildman–Crippen LogP) is 4.34. The molecule has 3 rings (SSSR count). The van der Waals surface area contributed by atoms with Crippen LogP contribution in [0.15, 0.2) is 84.9 Å². The quantitative estimate of drug-likeness (QED) is 0.586. The van der Waals surface area contributed by atoms with E-state index in [1.807, 2.05) is 60.7 Å². The van der Waals surface area contributed by atoms with E-state index in [1.54, 1.807) is 24.3 Å². The number of methoxy groups -OCH3 is 2. The number of hydrogen-bond acceptors (Lipinski definition) is 4. The summed E-state index contributed by atoms with van der Waals surface area (Å²) >= 11 is 0. The highest BCUT2D eigenvalue weighted by atomic mass is 16.5. The Labute approximate surface area is 175 Å². The summed E-state index contributed by atoms with van der Waals surface area (Å²) in [6.45, 7) is 0. The number of nitrogens with one attached hydrogen (secondary N) is 2. The first kappa shape index (κ1) is 21.2. The smallest absolute Gasteiger partial charge is 0.258 e. The van der Waals surface area contributed by atoms with Crippen molar-refractivity contribution in [3.05, 3.63) is 96.1 Å². The Morgan fingerprint density at radius 2 is 0.933 bits per heavy atom. The molecule has 0 aliphatic carbocycles. The number of carbonyl (C=O) groups is 2. The number of hydrogen-bond donors (Lipinski definition) is 2. The number of carbonyl (C=O) groups excluding carboxylic acids is 2. The number of ether oxygens (including phenoxy) is 2. The SMILES string of the molecule is CO[C@@H](C(=O)Nc1ccc(NC(=O)[C@H](OC)c2ccccc2)cc1)c1ccccc1. The first-order valence-corrected chi connectivity index (χ1v) is 9.49. The molecule has 6 heteroatoms. The van der Waals surface area contributed by atoms with Gasteiger partial charge in [-0.05, 0) is 35.4 Å². The van der Waals surface area contributed by atoms with Gasteiger partial charge in [-0.2, -0.15) is 0 Å². The van der Waals surface area contributed by atoms with Gasteiger partial charge < -0.3 is 20.1 Å². The third kappa shape index (κ3) is 5.31. The Morgan fingerprint density at radius 3 is 1.23 bits per heavy atom. The van der Waals surface area contributed by atoms with Crippen LogP contribution in [0.2, 0.25) is 0 Å². The molecule has 3 aromatic rings. The van der Waals surface area contributed by atoms with Crippen molar-refractivity contribution in [1.82, 2.24) is 0 Å². The molecule has 30 heavy (non-hydrogen) atoms. The van der Waals surface area contributed by atoms with E-state index in [0.717, 1.165) is 11.1 Å². The fourth-order valence-electron chi connectivity index (χ4n) is 3.10. The summed E-state index contributed by atoms with van der Waals surface area (Å²) in [4.78, 5) is 25.1. The highest BCUT2D eigenvalue weighted by Gasteiger charge is 2.21. The average molecular weight is 404 g/mol. The molecular weight excluding hydrogens is 380 g/mol. The topological polar surface area (TPSA) is 76.7 Å². The summed E-state index contributed by atoms with van der Waals surface area (Å²) in [5.41, 5.74) is 2.74. The second-order valence-corrected chi connectivity index (χ2v) is 6.61. The Morgan fingerprint density at radius 1 is 0.600 bits per heavy atom. The minimum absolute atomic E-state index is 0.274. The molecule has 2 N–H and O–H groups in total. The highest BCUT2D eigenvalue weighted by Crippen LogP contribution is 2.22. The van der Waals surface area contributed by atoms with Crippen LogP contribution < -0.4 is 10.6 Å². The lowest BCUT2D eigenvalue weighted by Crippen LogP contribution is -2.23. The second-order valence-electron chi connectivity index (χ2n) is 6.61. The molecule has 0 radical (unpaired) electrons. The third-order valence-corrected chi connectivity index (χ3v) is 4.57. The number of benzene rings is 3. The van der Waals surface area contributed by atoms with Crippen LogP contribution in [0, 0.1) is 0 Å². The van der Waals surface area contributed by atoms with Gasteiger partial charge in [0.25, 0.3) is 11.8 Å². The lowest BCUT2D eigenvalue weighted by atomic mass is 10.1. The van der Waals surface area contributed by atoms with Gasteiger partial charge >= 0.3 is 0 Å². The normalized spacial score (nSPS) is 12.6. The molecule has 0 aliphatic heterocycles. The highest BCUT2D eigenvalue weighted by molar-refractivity contribution is 5.96. The van der Waals surface area contributed by atoms with Crippen molar-refractivity contribution in [2.24, 2.45) is 0 Å². The molecule has 6 nitrogen and oxygen atoms in total. The van der Waals surface area contributed by atoms with Gasteiger partial charge in [0.05, 0.1) is 0 Å². The maximum atomic E-state index is 12.6. The van der Waals surface area contributed by atoms with Crippen molar-refractivity contribution in [3.8, 4) is 0 Å². The standard InChI is InChI=1S/C24H24N2O4/c1-29-21(17-9-5-3-6-10-17)23(27)25-19-13-15-20(16-14-19)26-24(28)22(30-2)18-11-7-4-8-12-18/h3-16,21-22H,1-2H3,(H,25,27)(H,26,28)/t21-,22-/m1/s1. The van der Waals surface area contributed by atoms with Gasteiger partial charge in [-0.1, -0.05) is 60.7 Å². The lowest BCUT2D eigenvalue weighted by molar-refractivity contribution is -0.126. The molecule has 2 atom stereocenters. The van der Waals surface area contributed by atoms with Crippen LogP contribution in [-0.4, -0.2) is 26.0 Å². The summed E-state index contributed by atoms with van der Waals surface area (Å²) in [6, 6.07) is 25.4. The summed E-state index contributed by atoms with van der Waals surface area (Å²) in [6.07, 6.45) is -1.42. The Hall–Kier alpha value is -3.48. The van der Waals surface area contributed by atoms with Crippen molar-refractivity contribution in [2.45, 2.75) is 12.2 Å². The minimum atomic E-state index is -0.709. The fourth-order valence-corrected chi connectivity index (χ4v) is 3.10. The van der Waals surface area contributed by atoms with Crippen LogP contribution in [0.4, 0.5) is 11.4 Å². The van der Waals surface area contributed by atoms with E-state index in [-0.39, 0.29) is 11.8 Å². The third-order valence-electron chi connectivity index (χ3n) is 4.57. The molecule has 0 fully saturated rings. The van der Waals surface area contributed by atoms with Crippen molar-refractivity contribution >= 4 is 23.2 Å². The molecule has 0 saturated carbocycles. The Balaban J connectivity index is 1.63. The minimum Gasteiger partial charge on any atom is -0.367 e. The fraction of sp³-hybridized carbons (Fsp3) is 0.167. The van der Waals surface area contributed by atoms with E-state index >= 15 is 0 Å². The van der Waals surface area contributed by atoms with E-state index in [0.29, 0.717) is 11.4 Å². The average Bonchev–Trinajstić information content (AvgIpc) is 2.78. The first-order valence-electron chi connectivity index (χ1n) is 9.49. The summed E-state index contributed by atoms with van der Waals surface area (Å²) in [5.74, 6) is -0.548. The molecule has 2 amide bonds. The summed E-state index contributed by atoms with van der Waals surface area (Å²) in [5, 5.41) is 5.66. The van der Waals surface area contributed by atoms with Gasteiger partial charge in [0.1, 0.15) is 0 Å². The largest absolute Gasteiger partial charge is 0.367 e. The first-order chi connectivity index (χ1) is 14.6. The molecule has 154 valence electrons. The zero-order chi connectivity index (χ0) is 21.3. The Kier molecular flexibility index (Phi) is 7.32. The molecule has 0 bridgehead atoms. The number of amides is 2. The van der Waals surface area contributed by atoms with Crippen LogP contribution in [0.1, 0.15) is 23.3 Å². The van der Waals surface area contributed by atoms with Gasteiger partial charge in [-0.25, -0.2) is 0 Å². The zero-order valence-corrected chi connectivity index (χ0v) is 16.9. The molecule has 0 saturated heterocycles. The van der Waals surface area contributed by atoms with Crippen LogP contribution >= 0.6 is 0 Å². The van der Waals surface area contributed by atoms with Crippen LogP contribution in [0.3, 0.4) is 0 Å². The van der Waals surface area contributed by atoms with Crippen LogP contribution in [-0.2, 0) is 19.1 Å². The van der Waals surface area contributed by atoms with Gasteiger partial charge in [-0.3, -0.25) is 9.59 Å². The van der Waals surface area contributed by atoms with E-state index in [9.17, 15) is 9.59 Å². The Bertz CT molecular complexity index is 879. The van der Waals surface area contributed by atoms with Gasteiger partial charge in [-0.15, -0.1) is 0 Å². The van der Waals surface area contributed by atoms with Crippen LogP contribution in [0.5, 0.6) is 0 Å². The van der Waals surface area contributed by atoms with Crippen molar-refractivity contribution in [2.75, 3.05) is 24.9 Å².